The number of hydrogen-bond acceptors (Lipinski definition) is 6. The summed E-state index contributed by atoms with van der Waals surface area (Å²) in [6.45, 7) is 5.33. The zero-order chi connectivity index (χ0) is 27.2. The Bertz CT molecular complexity index is 1320. The van der Waals surface area contributed by atoms with Gasteiger partial charge in [-0.25, -0.2) is 8.42 Å². The summed E-state index contributed by atoms with van der Waals surface area (Å²) >= 11 is 0. The number of nitrogens with zero attached hydrogens (tertiary/aromatic N) is 1. The molecule has 3 aromatic rings. The van der Waals surface area contributed by atoms with Crippen molar-refractivity contribution < 1.29 is 27.4 Å². The molecule has 0 heterocycles. The van der Waals surface area contributed by atoms with Crippen LogP contribution in [0.25, 0.3) is 0 Å². The molecule has 0 aromatic heterocycles. The van der Waals surface area contributed by atoms with E-state index in [1.807, 2.05) is 51.1 Å². The summed E-state index contributed by atoms with van der Waals surface area (Å²) in [6.07, 6.45) is 0.629. The van der Waals surface area contributed by atoms with Gasteiger partial charge in [-0.1, -0.05) is 25.1 Å². The maximum atomic E-state index is 13.9. The Labute approximate surface area is 219 Å². The fraction of sp³-hybridized carbons (Fsp3) is 0.321. The zero-order valence-electron chi connectivity index (χ0n) is 22.1. The number of amides is 1. The molecule has 0 aliphatic rings. The number of anilines is 1. The van der Waals surface area contributed by atoms with Crippen LogP contribution in [0.3, 0.4) is 0 Å². The van der Waals surface area contributed by atoms with E-state index in [0.29, 0.717) is 23.6 Å². The quantitative estimate of drug-likeness (QED) is 0.386. The smallest absolute Gasteiger partial charge is 0.264 e. The molecule has 0 fully saturated rings. The number of ether oxygens (including phenoxy) is 3. The van der Waals surface area contributed by atoms with Crippen molar-refractivity contribution in [3.05, 3.63) is 77.4 Å². The lowest BCUT2D eigenvalue weighted by Gasteiger charge is -2.26. The van der Waals surface area contributed by atoms with Crippen molar-refractivity contribution in [1.29, 1.82) is 0 Å². The molecule has 3 aromatic carbocycles. The van der Waals surface area contributed by atoms with Crippen molar-refractivity contribution in [1.82, 2.24) is 5.32 Å². The first kappa shape index (κ1) is 27.9. The van der Waals surface area contributed by atoms with Gasteiger partial charge < -0.3 is 19.5 Å². The summed E-state index contributed by atoms with van der Waals surface area (Å²) in [5, 5.41) is 2.98. The number of aryl methyl sites for hydroxylation is 2. The van der Waals surface area contributed by atoms with Crippen LogP contribution < -0.4 is 23.8 Å². The zero-order valence-corrected chi connectivity index (χ0v) is 22.9. The summed E-state index contributed by atoms with van der Waals surface area (Å²) in [5.74, 6) is 0.971. The van der Waals surface area contributed by atoms with Crippen LogP contribution in [-0.4, -0.2) is 42.2 Å². The maximum Gasteiger partial charge on any atom is 0.264 e. The summed E-state index contributed by atoms with van der Waals surface area (Å²) in [5.41, 5.74) is 3.07. The molecule has 0 saturated heterocycles. The molecule has 1 amide bonds. The van der Waals surface area contributed by atoms with Gasteiger partial charge in [0.2, 0.25) is 5.91 Å². The molecule has 0 aliphatic carbocycles. The normalized spacial score (nSPS) is 11.9. The first-order valence-electron chi connectivity index (χ1n) is 11.9. The van der Waals surface area contributed by atoms with Crippen molar-refractivity contribution in [3.8, 4) is 17.2 Å². The number of hydrogen-bond donors (Lipinski definition) is 1. The average Bonchev–Trinajstić information content (AvgIpc) is 2.89. The molecule has 0 aliphatic heterocycles. The van der Waals surface area contributed by atoms with Crippen LogP contribution in [0.5, 0.6) is 17.2 Å². The summed E-state index contributed by atoms with van der Waals surface area (Å²) in [4.78, 5) is 13.3. The highest BCUT2D eigenvalue weighted by Crippen LogP contribution is 2.33. The van der Waals surface area contributed by atoms with E-state index in [1.165, 1.54) is 32.4 Å². The SMILES string of the molecule is CC[C@@H](NC(=O)CN(c1cc(C)cc(C)c1)S(=O)(=O)c1ccc(OC)c(OC)c1)c1ccc(OC)cc1. The fourth-order valence-electron chi connectivity index (χ4n) is 4.14. The van der Waals surface area contributed by atoms with Gasteiger partial charge in [0.25, 0.3) is 10.0 Å². The van der Waals surface area contributed by atoms with Crippen LogP contribution >= 0.6 is 0 Å². The van der Waals surface area contributed by atoms with E-state index in [-0.39, 0.29) is 16.7 Å². The molecule has 0 unspecified atom stereocenters. The topological polar surface area (TPSA) is 94.2 Å². The molecule has 9 heteroatoms. The Balaban J connectivity index is 1.98. The van der Waals surface area contributed by atoms with Crippen LogP contribution in [0.15, 0.2) is 65.6 Å². The molecular weight excluding hydrogens is 492 g/mol. The number of carbonyl (C=O) groups is 1. The summed E-state index contributed by atoms with van der Waals surface area (Å²) < 4.78 is 44.7. The largest absolute Gasteiger partial charge is 0.497 e. The van der Waals surface area contributed by atoms with Crippen LogP contribution in [-0.2, 0) is 14.8 Å². The van der Waals surface area contributed by atoms with Gasteiger partial charge in [-0.3, -0.25) is 9.10 Å². The number of carbonyl (C=O) groups excluding carboxylic acids is 1. The second-order valence-corrected chi connectivity index (χ2v) is 10.5. The lowest BCUT2D eigenvalue weighted by atomic mass is 10.0. The molecule has 8 nitrogen and oxygen atoms in total. The Morgan fingerprint density at radius 2 is 1.49 bits per heavy atom. The van der Waals surface area contributed by atoms with E-state index in [1.54, 1.807) is 19.2 Å². The van der Waals surface area contributed by atoms with Gasteiger partial charge in [-0.15, -0.1) is 0 Å². The minimum absolute atomic E-state index is 0.0145. The second kappa shape index (κ2) is 12.0. The Morgan fingerprint density at radius 3 is 2.03 bits per heavy atom. The standard InChI is InChI=1S/C28H34N2O6S/c1-7-25(21-8-10-23(34-4)11-9-21)29-28(31)18-30(22-15-19(2)14-20(3)16-22)37(32,33)24-12-13-26(35-5)27(17-24)36-6/h8-17,25H,7,18H2,1-6H3,(H,29,31)/t25-/m1/s1. The van der Waals surface area contributed by atoms with Gasteiger partial charge in [0.15, 0.2) is 11.5 Å². The molecular formula is C28H34N2O6S. The third-order valence-electron chi connectivity index (χ3n) is 5.99. The molecule has 0 saturated carbocycles. The highest BCUT2D eigenvalue weighted by Gasteiger charge is 2.29. The van der Waals surface area contributed by atoms with Crippen LogP contribution in [0.4, 0.5) is 5.69 Å². The van der Waals surface area contributed by atoms with E-state index in [4.69, 9.17) is 14.2 Å². The van der Waals surface area contributed by atoms with Crippen molar-refractivity contribution in [2.75, 3.05) is 32.2 Å². The van der Waals surface area contributed by atoms with Crippen molar-refractivity contribution in [2.45, 2.75) is 38.1 Å². The van der Waals surface area contributed by atoms with Gasteiger partial charge in [0.1, 0.15) is 12.3 Å². The minimum atomic E-state index is -4.14. The molecule has 37 heavy (non-hydrogen) atoms. The predicted molar refractivity (Wildman–Crippen MR) is 144 cm³/mol. The number of rotatable bonds is 11. The first-order valence-corrected chi connectivity index (χ1v) is 13.3. The number of benzene rings is 3. The van der Waals surface area contributed by atoms with Gasteiger partial charge in [-0.05, 0) is 73.4 Å². The summed E-state index contributed by atoms with van der Waals surface area (Å²) in [7, 11) is 0.371. The van der Waals surface area contributed by atoms with Gasteiger partial charge in [-0.2, -0.15) is 0 Å². The van der Waals surface area contributed by atoms with Gasteiger partial charge in [0, 0.05) is 6.07 Å². The third-order valence-corrected chi connectivity index (χ3v) is 7.76. The number of methoxy groups -OCH3 is 3. The number of sulfonamides is 1. The Kier molecular flexibility index (Phi) is 9.04. The van der Waals surface area contributed by atoms with Crippen LogP contribution in [0, 0.1) is 13.8 Å². The first-order chi connectivity index (χ1) is 17.6. The highest BCUT2D eigenvalue weighted by atomic mass is 32.2. The Hall–Kier alpha value is -3.72. The van der Waals surface area contributed by atoms with Crippen LogP contribution in [0.1, 0.15) is 36.1 Å². The van der Waals surface area contributed by atoms with E-state index >= 15 is 0 Å². The molecule has 0 radical (unpaired) electrons. The molecule has 1 N–H and O–H groups in total. The van der Waals surface area contributed by atoms with E-state index in [0.717, 1.165) is 21.0 Å². The van der Waals surface area contributed by atoms with Gasteiger partial charge in [0.05, 0.1) is 38.0 Å². The summed E-state index contributed by atoms with van der Waals surface area (Å²) in [6, 6.07) is 16.9. The molecule has 0 spiro atoms. The molecule has 0 bridgehead atoms. The van der Waals surface area contributed by atoms with Crippen molar-refractivity contribution in [2.24, 2.45) is 0 Å². The fourth-order valence-corrected chi connectivity index (χ4v) is 5.56. The Morgan fingerprint density at radius 1 is 0.865 bits per heavy atom. The monoisotopic (exact) mass is 526 g/mol. The van der Waals surface area contributed by atoms with E-state index < -0.39 is 22.5 Å². The van der Waals surface area contributed by atoms with Gasteiger partial charge >= 0.3 is 0 Å². The minimum Gasteiger partial charge on any atom is -0.497 e. The molecule has 3 rings (SSSR count). The van der Waals surface area contributed by atoms with Crippen LogP contribution in [0.2, 0.25) is 0 Å². The maximum absolute atomic E-state index is 13.9. The van der Waals surface area contributed by atoms with E-state index in [2.05, 4.69) is 5.32 Å². The lowest BCUT2D eigenvalue weighted by Crippen LogP contribution is -2.42. The average molecular weight is 527 g/mol. The lowest BCUT2D eigenvalue weighted by molar-refractivity contribution is -0.120. The highest BCUT2D eigenvalue weighted by molar-refractivity contribution is 7.92. The molecule has 198 valence electrons. The second-order valence-electron chi connectivity index (χ2n) is 8.68. The van der Waals surface area contributed by atoms with Crippen molar-refractivity contribution in [3.63, 3.8) is 0 Å². The molecule has 1 atom stereocenters. The third kappa shape index (κ3) is 6.54. The number of nitrogens with one attached hydrogen (secondary N) is 1. The van der Waals surface area contributed by atoms with E-state index in [9.17, 15) is 13.2 Å². The predicted octanol–water partition coefficient (Wildman–Crippen LogP) is 4.79. The van der Waals surface area contributed by atoms with Crippen molar-refractivity contribution >= 4 is 21.6 Å².